The number of rotatable bonds is 3. The van der Waals surface area contributed by atoms with E-state index >= 15 is 0 Å². The van der Waals surface area contributed by atoms with Gasteiger partial charge in [0.1, 0.15) is 0 Å². The first-order chi connectivity index (χ1) is 11.1. The summed E-state index contributed by atoms with van der Waals surface area (Å²) in [6.45, 7) is 4.01. The number of nitrogens with one attached hydrogen (secondary N) is 1. The van der Waals surface area contributed by atoms with E-state index in [2.05, 4.69) is 10.2 Å². The molecule has 3 unspecified atom stereocenters. The molecule has 2 aliphatic heterocycles. The predicted octanol–water partition coefficient (Wildman–Crippen LogP) is 1.71. The van der Waals surface area contributed by atoms with Crippen LogP contribution in [0.4, 0.5) is 0 Å². The van der Waals surface area contributed by atoms with E-state index in [9.17, 15) is 9.59 Å². The smallest absolute Gasteiger partial charge is 0.328 e. The fourth-order valence-electron chi connectivity index (χ4n) is 4.15. The van der Waals surface area contributed by atoms with Crippen LogP contribution in [0.2, 0.25) is 0 Å². The Labute approximate surface area is 137 Å². The van der Waals surface area contributed by atoms with Gasteiger partial charge < -0.3 is 15.5 Å². The molecule has 0 aromatic heterocycles. The topological polar surface area (TPSA) is 89.9 Å². The van der Waals surface area contributed by atoms with Crippen molar-refractivity contribution in [3.8, 4) is 0 Å². The summed E-state index contributed by atoms with van der Waals surface area (Å²) in [5.41, 5.74) is 0. The minimum atomic E-state index is -1.26. The second kappa shape index (κ2) is 9.03. The molecule has 0 radical (unpaired) electrons. The molecule has 3 N–H and O–H groups in total. The summed E-state index contributed by atoms with van der Waals surface area (Å²) in [7, 11) is 0. The summed E-state index contributed by atoms with van der Waals surface area (Å²) in [6, 6.07) is 1.72. The number of hydrogen-bond acceptors (Lipinski definition) is 4. The van der Waals surface area contributed by atoms with E-state index < -0.39 is 11.9 Å². The minimum absolute atomic E-state index is 0.558. The van der Waals surface area contributed by atoms with Gasteiger partial charge in [-0.3, -0.25) is 4.90 Å². The first-order valence-electron chi connectivity index (χ1n) is 8.69. The predicted molar refractivity (Wildman–Crippen MR) is 87.4 cm³/mol. The van der Waals surface area contributed by atoms with Crippen molar-refractivity contribution in [2.75, 3.05) is 19.6 Å². The average Bonchev–Trinajstić information content (AvgIpc) is 3.07. The molecule has 0 spiro atoms. The minimum Gasteiger partial charge on any atom is -0.478 e. The van der Waals surface area contributed by atoms with E-state index in [1.807, 2.05) is 0 Å². The zero-order valence-corrected chi connectivity index (χ0v) is 13.6. The Bertz CT molecular complexity index is 414. The van der Waals surface area contributed by atoms with Gasteiger partial charge in [-0.1, -0.05) is 6.42 Å². The van der Waals surface area contributed by atoms with Crippen molar-refractivity contribution in [1.82, 2.24) is 10.2 Å². The maximum atomic E-state index is 9.55. The number of aliphatic carboxylic acids is 2. The molecule has 2 saturated heterocycles. The highest BCUT2D eigenvalue weighted by Crippen LogP contribution is 2.34. The molecule has 3 fully saturated rings. The quantitative estimate of drug-likeness (QED) is 0.685. The molecule has 3 rings (SSSR count). The fraction of sp³-hybridized carbons (Fsp3) is 0.765. The van der Waals surface area contributed by atoms with E-state index in [1.54, 1.807) is 0 Å². The fourth-order valence-corrected chi connectivity index (χ4v) is 4.15. The van der Waals surface area contributed by atoms with Crippen LogP contribution in [0.1, 0.15) is 44.9 Å². The molecule has 0 amide bonds. The third-order valence-corrected chi connectivity index (χ3v) is 5.11. The van der Waals surface area contributed by atoms with Gasteiger partial charge in [-0.2, -0.15) is 0 Å². The zero-order valence-electron chi connectivity index (χ0n) is 13.6. The Hall–Kier alpha value is -1.40. The van der Waals surface area contributed by atoms with Crippen molar-refractivity contribution in [3.63, 3.8) is 0 Å². The number of hydrogen-bond donors (Lipinski definition) is 3. The normalized spacial score (nSPS) is 31.2. The SMILES string of the molecule is C1CNC2C(C1)CCCC2N1CCCC1.O=C(O)/C=C/C(=O)O. The molecule has 130 valence electrons. The van der Waals surface area contributed by atoms with E-state index in [4.69, 9.17) is 10.2 Å². The van der Waals surface area contributed by atoms with Gasteiger partial charge in [0.25, 0.3) is 0 Å². The monoisotopic (exact) mass is 324 g/mol. The van der Waals surface area contributed by atoms with Crippen LogP contribution in [0.25, 0.3) is 0 Å². The lowest BCUT2D eigenvalue weighted by molar-refractivity contribution is -0.134. The van der Waals surface area contributed by atoms with Gasteiger partial charge in [0.2, 0.25) is 0 Å². The summed E-state index contributed by atoms with van der Waals surface area (Å²) in [5, 5.41) is 19.4. The molecule has 1 saturated carbocycles. The number of nitrogens with zero attached hydrogens (tertiary/aromatic N) is 1. The van der Waals surface area contributed by atoms with E-state index in [-0.39, 0.29) is 0 Å². The Morgan fingerprint density at radius 3 is 2.13 bits per heavy atom. The highest BCUT2D eigenvalue weighted by Gasteiger charge is 2.38. The molecule has 1 aliphatic carbocycles. The van der Waals surface area contributed by atoms with Gasteiger partial charge in [-0.25, -0.2) is 9.59 Å². The average molecular weight is 324 g/mol. The molecule has 0 bridgehead atoms. The molecule has 2 heterocycles. The first-order valence-corrected chi connectivity index (χ1v) is 8.69. The lowest BCUT2D eigenvalue weighted by atomic mass is 9.76. The summed E-state index contributed by atoms with van der Waals surface area (Å²) in [6.07, 6.45) is 11.3. The summed E-state index contributed by atoms with van der Waals surface area (Å²) in [5.74, 6) is -1.52. The maximum absolute atomic E-state index is 9.55. The van der Waals surface area contributed by atoms with Crippen molar-refractivity contribution in [1.29, 1.82) is 0 Å². The molecule has 0 aromatic carbocycles. The van der Waals surface area contributed by atoms with Gasteiger partial charge in [0.15, 0.2) is 0 Å². The van der Waals surface area contributed by atoms with Crippen molar-refractivity contribution in [3.05, 3.63) is 12.2 Å². The summed E-state index contributed by atoms with van der Waals surface area (Å²) < 4.78 is 0. The van der Waals surface area contributed by atoms with Crippen LogP contribution in [-0.2, 0) is 9.59 Å². The summed E-state index contributed by atoms with van der Waals surface area (Å²) in [4.78, 5) is 21.9. The molecule has 0 aromatic rings. The zero-order chi connectivity index (χ0) is 16.7. The second-order valence-corrected chi connectivity index (χ2v) is 6.63. The van der Waals surface area contributed by atoms with Gasteiger partial charge in [0.05, 0.1) is 0 Å². The van der Waals surface area contributed by atoms with Crippen LogP contribution in [0.5, 0.6) is 0 Å². The van der Waals surface area contributed by atoms with E-state index in [0.29, 0.717) is 12.2 Å². The molecular formula is C17H28N2O4. The molecule has 6 nitrogen and oxygen atoms in total. The molecule has 6 heteroatoms. The van der Waals surface area contributed by atoms with Gasteiger partial charge in [0, 0.05) is 24.2 Å². The van der Waals surface area contributed by atoms with Crippen molar-refractivity contribution < 1.29 is 19.8 Å². The molecular weight excluding hydrogens is 296 g/mol. The second-order valence-electron chi connectivity index (χ2n) is 6.63. The first kappa shape index (κ1) is 17.9. The highest BCUT2D eigenvalue weighted by atomic mass is 16.4. The number of carboxylic acid groups (broad SMARTS) is 2. The van der Waals surface area contributed by atoms with Crippen LogP contribution in [0.15, 0.2) is 12.2 Å². The third kappa shape index (κ3) is 5.62. The van der Waals surface area contributed by atoms with E-state index in [0.717, 1.165) is 18.0 Å². The van der Waals surface area contributed by atoms with Gasteiger partial charge >= 0.3 is 11.9 Å². The van der Waals surface area contributed by atoms with Crippen molar-refractivity contribution >= 4 is 11.9 Å². The number of carboxylic acids is 2. The number of likely N-dealkylation sites (tertiary alicyclic amines) is 1. The Kier molecular flexibility index (Phi) is 7.05. The van der Waals surface area contributed by atoms with Crippen LogP contribution >= 0.6 is 0 Å². The largest absolute Gasteiger partial charge is 0.478 e. The third-order valence-electron chi connectivity index (χ3n) is 5.11. The van der Waals surface area contributed by atoms with Gasteiger partial charge in [-0.05, 0) is 64.1 Å². The molecule has 3 aliphatic rings. The number of carbonyl (C=O) groups is 2. The molecule has 3 atom stereocenters. The maximum Gasteiger partial charge on any atom is 0.328 e. The Morgan fingerprint density at radius 1 is 0.913 bits per heavy atom. The lowest BCUT2D eigenvalue weighted by Crippen LogP contribution is -2.57. The van der Waals surface area contributed by atoms with Crippen LogP contribution in [0, 0.1) is 5.92 Å². The van der Waals surface area contributed by atoms with Crippen LogP contribution < -0.4 is 5.32 Å². The standard InChI is InChI=1S/C13H24N2.C4H4O4/c1-2-10-15(9-1)12-7-3-5-11-6-4-8-14-13(11)12;5-3(6)1-2-4(7)8/h11-14H,1-10H2;1-2H,(H,5,6)(H,7,8)/b;2-1+. The summed E-state index contributed by atoms with van der Waals surface area (Å²) >= 11 is 0. The van der Waals surface area contributed by atoms with Crippen LogP contribution in [-0.4, -0.2) is 58.8 Å². The van der Waals surface area contributed by atoms with Gasteiger partial charge in [-0.15, -0.1) is 0 Å². The number of piperidine rings is 1. The van der Waals surface area contributed by atoms with E-state index in [1.165, 1.54) is 64.6 Å². The number of fused-ring (bicyclic) bond motifs is 1. The highest BCUT2D eigenvalue weighted by molar-refractivity contribution is 5.89. The van der Waals surface area contributed by atoms with Crippen LogP contribution in [0.3, 0.4) is 0 Å². The van der Waals surface area contributed by atoms with Crippen molar-refractivity contribution in [2.45, 2.75) is 57.0 Å². The Balaban J connectivity index is 0.000000207. The van der Waals surface area contributed by atoms with Crippen molar-refractivity contribution in [2.24, 2.45) is 5.92 Å². The lowest BCUT2D eigenvalue weighted by Gasteiger charge is -2.45. The molecule has 23 heavy (non-hydrogen) atoms. The Morgan fingerprint density at radius 2 is 1.52 bits per heavy atom.